The zero-order valence-corrected chi connectivity index (χ0v) is 14.3. The summed E-state index contributed by atoms with van der Waals surface area (Å²) in [6.45, 7) is 9.79. The molecule has 0 bridgehead atoms. The van der Waals surface area contributed by atoms with Gasteiger partial charge in [-0.05, 0) is 38.1 Å². The summed E-state index contributed by atoms with van der Waals surface area (Å²) in [5.74, 6) is -2.97. The number of hydrogen-bond donors (Lipinski definition) is 0. The summed E-state index contributed by atoms with van der Waals surface area (Å²) in [7, 11) is 0. The lowest BCUT2D eigenvalue weighted by atomic mass is 10.0. The van der Waals surface area contributed by atoms with Crippen LogP contribution in [-0.2, 0) is 9.59 Å². The molecule has 0 saturated heterocycles. The molecule has 2 aromatic carbocycles. The van der Waals surface area contributed by atoms with Gasteiger partial charge in [0.25, 0.3) is 0 Å². The molecule has 0 aromatic heterocycles. The molecule has 0 atom stereocenters. The van der Waals surface area contributed by atoms with Gasteiger partial charge in [0.15, 0.2) is 0 Å². The van der Waals surface area contributed by atoms with Crippen LogP contribution in [0.5, 0.6) is 11.5 Å². The van der Waals surface area contributed by atoms with E-state index in [1.807, 2.05) is 0 Å². The van der Waals surface area contributed by atoms with Crippen molar-refractivity contribution in [1.29, 1.82) is 0 Å². The molecule has 0 aliphatic carbocycles. The van der Waals surface area contributed by atoms with Crippen LogP contribution in [-0.4, -0.2) is 11.9 Å². The van der Waals surface area contributed by atoms with E-state index in [1.54, 1.807) is 0 Å². The maximum Gasteiger partial charge on any atom is 0.338 e. The molecule has 0 amide bonds. The van der Waals surface area contributed by atoms with E-state index in [9.17, 15) is 18.4 Å². The van der Waals surface area contributed by atoms with E-state index in [2.05, 4.69) is 13.2 Å². The van der Waals surface area contributed by atoms with Crippen LogP contribution < -0.4 is 9.47 Å². The Balaban J connectivity index is 2.28. The molecule has 0 unspecified atom stereocenters. The van der Waals surface area contributed by atoms with Crippen molar-refractivity contribution in [2.45, 2.75) is 13.8 Å². The Hall–Kier alpha value is -3.28. The van der Waals surface area contributed by atoms with E-state index >= 15 is 0 Å². The van der Waals surface area contributed by atoms with Crippen molar-refractivity contribution in [3.05, 3.63) is 72.3 Å². The van der Waals surface area contributed by atoms with Crippen LogP contribution in [0.3, 0.4) is 0 Å². The average molecular weight is 358 g/mol. The number of esters is 2. The predicted molar refractivity (Wildman–Crippen MR) is 92.7 cm³/mol. The van der Waals surface area contributed by atoms with Crippen LogP contribution in [0.2, 0.25) is 0 Å². The van der Waals surface area contributed by atoms with E-state index in [4.69, 9.17) is 9.47 Å². The van der Waals surface area contributed by atoms with Gasteiger partial charge in [-0.1, -0.05) is 13.2 Å². The highest BCUT2D eigenvalue weighted by Gasteiger charge is 2.15. The second-order valence-electron chi connectivity index (χ2n) is 5.62. The van der Waals surface area contributed by atoms with Gasteiger partial charge in [-0.3, -0.25) is 0 Å². The lowest BCUT2D eigenvalue weighted by Crippen LogP contribution is -2.08. The first-order valence-electron chi connectivity index (χ1n) is 7.54. The first-order valence-corrected chi connectivity index (χ1v) is 7.54. The third kappa shape index (κ3) is 4.42. The lowest BCUT2D eigenvalue weighted by Gasteiger charge is -2.10. The average Bonchev–Trinajstić information content (AvgIpc) is 2.55. The molecule has 6 heteroatoms. The van der Waals surface area contributed by atoms with Crippen molar-refractivity contribution in [3.63, 3.8) is 0 Å². The molecule has 26 heavy (non-hydrogen) atoms. The minimum absolute atomic E-state index is 0.0216. The zero-order valence-electron chi connectivity index (χ0n) is 14.3. The topological polar surface area (TPSA) is 52.6 Å². The van der Waals surface area contributed by atoms with Gasteiger partial charge in [-0.2, -0.15) is 0 Å². The molecule has 2 aromatic rings. The van der Waals surface area contributed by atoms with Crippen molar-refractivity contribution >= 4 is 11.9 Å². The third-order valence-electron chi connectivity index (χ3n) is 3.29. The summed E-state index contributed by atoms with van der Waals surface area (Å²) in [4.78, 5) is 22.9. The van der Waals surface area contributed by atoms with Gasteiger partial charge in [0.05, 0.1) is 0 Å². The molecule has 0 saturated carbocycles. The van der Waals surface area contributed by atoms with Crippen LogP contribution in [0, 0.1) is 11.6 Å². The molecular weight excluding hydrogens is 342 g/mol. The van der Waals surface area contributed by atoms with Crippen LogP contribution >= 0.6 is 0 Å². The Labute approximate surface area is 149 Å². The Bertz CT molecular complexity index is 841. The van der Waals surface area contributed by atoms with Gasteiger partial charge in [0.1, 0.15) is 23.1 Å². The highest BCUT2D eigenvalue weighted by atomic mass is 19.1. The Morgan fingerprint density at radius 1 is 0.769 bits per heavy atom. The van der Waals surface area contributed by atoms with Gasteiger partial charge in [-0.15, -0.1) is 0 Å². The van der Waals surface area contributed by atoms with Crippen LogP contribution in [0.25, 0.3) is 11.1 Å². The number of carbonyl (C=O) groups is 2. The van der Waals surface area contributed by atoms with Crippen molar-refractivity contribution in [2.75, 3.05) is 0 Å². The van der Waals surface area contributed by atoms with Crippen molar-refractivity contribution in [1.82, 2.24) is 0 Å². The Morgan fingerprint density at radius 3 is 1.38 bits per heavy atom. The maximum atomic E-state index is 14.3. The van der Waals surface area contributed by atoms with Gasteiger partial charge < -0.3 is 9.47 Å². The molecule has 0 N–H and O–H groups in total. The summed E-state index contributed by atoms with van der Waals surface area (Å²) in [6.07, 6.45) is 0. The number of rotatable bonds is 5. The number of hydrogen-bond acceptors (Lipinski definition) is 4. The monoisotopic (exact) mass is 358 g/mol. The summed E-state index contributed by atoms with van der Waals surface area (Å²) in [5, 5.41) is 0. The minimum Gasteiger partial charge on any atom is -0.423 e. The second-order valence-corrected chi connectivity index (χ2v) is 5.62. The maximum absolute atomic E-state index is 14.3. The molecule has 0 aliphatic heterocycles. The SMILES string of the molecule is C=C(C)C(=O)Oc1ccc(-c2ccc(OC(=O)C(=C)C)cc2F)c(F)c1. The van der Waals surface area contributed by atoms with E-state index < -0.39 is 23.6 Å². The standard InChI is InChI=1S/C20H16F2O4/c1-11(2)19(23)25-13-5-7-15(17(21)9-13)16-8-6-14(10-18(16)22)26-20(24)12(3)4/h5-10H,1,3H2,2,4H3. The lowest BCUT2D eigenvalue weighted by molar-refractivity contribution is -0.130. The van der Waals surface area contributed by atoms with E-state index in [0.29, 0.717) is 0 Å². The van der Waals surface area contributed by atoms with Crippen molar-refractivity contribution in [3.8, 4) is 22.6 Å². The summed E-state index contributed by atoms with van der Waals surface area (Å²) < 4.78 is 38.5. The number of benzene rings is 2. The molecule has 0 aliphatic rings. The summed E-state index contributed by atoms with van der Waals surface area (Å²) >= 11 is 0. The number of ether oxygens (including phenoxy) is 2. The van der Waals surface area contributed by atoms with Crippen LogP contribution in [0.15, 0.2) is 60.7 Å². The van der Waals surface area contributed by atoms with Gasteiger partial charge in [0.2, 0.25) is 0 Å². The highest BCUT2D eigenvalue weighted by Crippen LogP contribution is 2.30. The van der Waals surface area contributed by atoms with Gasteiger partial charge >= 0.3 is 11.9 Å². The van der Waals surface area contributed by atoms with E-state index in [1.165, 1.54) is 38.1 Å². The summed E-state index contributed by atoms with van der Waals surface area (Å²) in [5.41, 5.74) is 0.270. The van der Waals surface area contributed by atoms with E-state index in [-0.39, 0.29) is 33.8 Å². The molecular formula is C20H16F2O4. The van der Waals surface area contributed by atoms with Crippen LogP contribution in [0.4, 0.5) is 8.78 Å². The smallest absolute Gasteiger partial charge is 0.338 e. The number of halogens is 2. The van der Waals surface area contributed by atoms with Gasteiger partial charge in [-0.25, -0.2) is 18.4 Å². The predicted octanol–water partition coefficient (Wildman–Crippen LogP) is 4.59. The fraction of sp³-hybridized carbons (Fsp3) is 0.100. The fourth-order valence-electron chi connectivity index (χ4n) is 1.94. The molecule has 0 spiro atoms. The number of carbonyl (C=O) groups excluding carboxylic acids is 2. The van der Waals surface area contributed by atoms with E-state index in [0.717, 1.165) is 12.1 Å². The largest absolute Gasteiger partial charge is 0.423 e. The van der Waals surface area contributed by atoms with Crippen LogP contribution in [0.1, 0.15) is 13.8 Å². The zero-order chi connectivity index (χ0) is 19.4. The Morgan fingerprint density at radius 2 is 1.12 bits per heavy atom. The van der Waals surface area contributed by atoms with Crippen molar-refractivity contribution in [2.24, 2.45) is 0 Å². The molecule has 2 rings (SSSR count). The first kappa shape index (κ1) is 19.1. The van der Waals surface area contributed by atoms with Gasteiger partial charge in [0, 0.05) is 34.4 Å². The normalized spacial score (nSPS) is 10.2. The third-order valence-corrected chi connectivity index (χ3v) is 3.29. The van der Waals surface area contributed by atoms with Crippen molar-refractivity contribution < 1.29 is 27.8 Å². The minimum atomic E-state index is -0.775. The Kier molecular flexibility index (Phi) is 5.67. The summed E-state index contributed by atoms with van der Waals surface area (Å²) in [6, 6.07) is 7.21. The molecule has 0 fully saturated rings. The quantitative estimate of drug-likeness (QED) is 0.445. The molecule has 4 nitrogen and oxygen atoms in total. The molecule has 0 radical (unpaired) electrons. The first-order chi connectivity index (χ1) is 12.2. The molecule has 134 valence electrons. The fourth-order valence-corrected chi connectivity index (χ4v) is 1.94. The molecule has 0 heterocycles. The highest BCUT2D eigenvalue weighted by molar-refractivity contribution is 5.89. The second kappa shape index (κ2) is 7.74.